The molecule has 0 atom stereocenters. The topological polar surface area (TPSA) is 86.6 Å². The molecule has 21 heavy (non-hydrogen) atoms. The van der Waals surface area contributed by atoms with Gasteiger partial charge < -0.3 is 15.5 Å². The first-order valence-corrected chi connectivity index (χ1v) is 6.96. The number of halogens is 1. The molecule has 0 aliphatic heterocycles. The molecule has 0 aliphatic carbocycles. The van der Waals surface area contributed by atoms with Crippen molar-refractivity contribution in [2.24, 2.45) is 0 Å². The van der Waals surface area contributed by atoms with E-state index >= 15 is 0 Å². The van der Waals surface area contributed by atoms with E-state index in [1.165, 1.54) is 35.6 Å². The van der Waals surface area contributed by atoms with Crippen LogP contribution in [-0.4, -0.2) is 22.1 Å². The molecule has 2 aromatic rings. The van der Waals surface area contributed by atoms with Crippen molar-refractivity contribution in [3.8, 4) is 5.75 Å². The van der Waals surface area contributed by atoms with E-state index in [4.69, 9.17) is 16.7 Å². The SMILES string of the molecule is O=C(/C=C/c1ccc(Cl)s1)Nc1cccc(C(=O)O)c1O. The van der Waals surface area contributed by atoms with E-state index in [-0.39, 0.29) is 11.3 Å². The van der Waals surface area contributed by atoms with Crippen LogP contribution in [0.5, 0.6) is 5.75 Å². The highest BCUT2D eigenvalue weighted by atomic mass is 35.5. The first-order chi connectivity index (χ1) is 9.97. The van der Waals surface area contributed by atoms with Crippen LogP contribution in [0.25, 0.3) is 6.08 Å². The molecule has 108 valence electrons. The number of phenols is 1. The predicted octanol–water partition coefficient (Wildman–Crippen LogP) is 3.46. The third kappa shape index (κ3) is 3.84. The van der Waals surface area contributed by atoms with Crippen molar-refractivity contribution in [3.05, 3.63) is 51.2 Å². The van der Waals surface area contributed by atoms with Crippen molar-refractivity contribution in [2.75, 3.05) is 5.32 Å². The first kappa shape index (κ1) is 15.1. The Morgan fingerprint density at radius 3 is 2.62 bits per heavy atom. The Morgan fingerprint density at radius 1 is 1.24 bits per heavy atom. The largest absolute Gasteiger partial charge is 0.505 e. The quantitative estimate of drug-likeness (QED) is 0.594. The summed E-state index contributed by atoms with van der Waals surface area (Å²) < 4.78 is 0.613. The summed E-state index contributed by atoms with van der Waals surface area (Å²) in [5.41, 5.74) is -0.240. The van der Waals surface area contributed by atoms with Crippen LogP contribution in [0.3, 0.4) is 0 Å². The van der Waals surface area contributed by atoms with Gasteiger partial charge in [-0.1, -0.05) is 17.7 Å². The molecule has 0 spiro atoms. The van der Waals surface area contributed by atoms with Gasteiger partial charge in [0.2, 0.25) is 5.91 Å². The van der Waals surface area contributed by atoms with Gasteiger partial charge in [-0.2, -0.15) is 0 Å². The Kier molecular flexibility index (Phi) is 4.62. The second-order valence-corrected chi connectivity index (χ2v) is 5.72. The summed E-state index contributed by atoms with van der Waals surface area (Å²) in [6, 6.07) is 7.57. The van der Waals surface area contributed by atoms with E-state index in [1.54, 1.807) is 18.2 Å². The van der Waals surface area contributed by atoms with Crippen molar-refractivity contribution >= 4 is 46.6 Å². The summed E-state index contributed by atoms with van der Waals surface area (Å²) in [6.45, 7) is 0. The summed E-state index contributed by atoms with van der Waals surface area (Å²) >= 11 is 7.09. The van der Waals surface area contributed by atoms with E-state index in [0.29, 0.717) is 4.34 Å². The van der Waals surface area contributed by atoms with E-state index in [9.17, 15) is 14.7 Å². The molecule has 2 rings (SSSR count). The van der Waals surface area contributed by atoms with Gasteiger partial charge in [-0.25, -0.2) is 4.79 Å². The van der Waals surface area contributed by atoms with E-state index in [0.717, 1.165) is 4.88 Å². The molecule has 5 nitrogen and oxygen atoms in total. The minimum Gasteiger partial charge on any atom is -0.505 e. The lowest BCUT2D eigenvalue weighted by molar-refractivity contribution is -0.111. The molecule has 1 amide bonds. The number of hydrogen-bond donors (Lipinski definition) is 3. The number of carboxylic acid groups (broad SMARTS) is 1. The zero-order valence-electron chi connectivity index (χ0n) is 10.5. The van der Waals surface area contributed by atoms with Crippen molar-refractivity contribution in [1.29, 1.82) is 0 Å². The van der Waals surface area contributed by atoms with Crippen LogP contribution in [0.2, 0.25) is 4.34 Å². The second-order valence-electron chi connectivity index (χ2n) is 3.97. The first-order valence-electron chi connectivity index (χ1n) is 5.77. The van der Waals surface area contributed by atoms with Gasteiger partial charge in [0.05, 0.1) is 10.0 Å². The van der Waals surface area contributed by atoms with E-state index in [2.05, 4.69) is 5.32 Å². The monoisotopic (exact) mass is 323 g/mol. The number of nitrogens with one attached hydrogen (secondary N) is 1. The molecule has 0 saturated carbocycles. The smallest absolute Gasteiger partial charge is 0.339 e. The number of rotatable bonds is 4. The van der Waals surface area contributed by atoms with Crippen LogP contribution in [0, 0.1) is 0 Å². The number of carbonyl (C=O) groups excluding carboxylic acids is 1. The van der Waals surface area contributed by atoms with Gasteiger partial charge in [0, 0.05) is 11.0 Å². The summed E-state index contributed by atoms with van der Waals surface area (Å²) in [7, 11) is 0. The number of anilines is 1. The van der Waals surface area contributed by atoms with Gasteiger partial charge in [-0.15, -0.1) is 11.3 Å². The third-order valence-corrected chi connectivity index (χ3v) is 3.71. The van der Waals surface area contributed by atoms with Gasteiger partial charge in [0.1, 0.15) is 5.56 Å². The number of carboxylic acids is 1. The molecule has 1 heterocycles. The fraction of sp³-hybridized carbons (Fsp3) is 0. The fourth-order valence-electron chi connectivity index (χ4n) is 1.57. The number of benzene rings is 1. The Labute approximate surface area is 129 Å². The molecule has 0 saturated heterocycles. The summed E-state index contributed by atoms with van der Waals surface area (Å²) in [4.78, 5) is 23.4. The van der Waals surface area contributed by atoms with Crippen LogP contribution in [-0.2, 0) is 4.79 Å². The number of aromatic hydroxyl groups is 1. The number of amides is 1. The molecule has 3 N–H and O–H groups in total. The minimum absolute atomic E-state index is 0.0359. The van der Waals surface area contributed by atoms with Gasteiger partial charge in [-0.3, -0.25) is 4.79 Å². The summed E-state index contributed by atoms with van der Waals surface area (Å²) in [5, 5.41) is 21.1. The molecular weight excluding hydrogens is 314 g/mol. The van der Waals surface area contributed by atoms with Crippen LogP contribution in [0.4, 0.5) is 5.69 Å². The van der Waals surface area contributed by atoms with Crippen molar-refractivity contribution in [3.63, 3.8) is 0 Å². The zero-order chi connectivity index (χ0) is 15.4. The molecular formula is C14H10ClNO4S. The summed E-state index contributed by atoms with van der Waals surface area (Å²) in [6.07, 6.45) is 2.85. The van der Waals surface area contributed by atoms with Crippen molar-refractivity contribution < 1.29 is 19.8 Å². The Hall–Kier alpha value is -2.31. The van der Waals surface area contributed by atoms with Crippen molar-refractivity contribution in [1.82, 2.24) is 0 Å². The Morgan fingerprint density at radius 2 is 2.00 bits per heavy atom. The normalized spacial score (nSPS) is 10.7. The number of para-hydroxylation sites is 1. The Balaban J connectivity index is 2.11. The van der Waals surface area contributed by atoms with Gasteiger partial charge in [0.25, 0.3) is 0 Å². The van der Waals surface area contributed by atoms with Gasteiger partial charge in [-0.05, 0) is 30.3 Å². The molecule has 0 radical (unpaired) electrons. The highest BCUT2D eigenvalue weighted by Gasteiger charge is 2.13. The van der Waals surface area contributed by atoms with Crippen molar-refractivity contribution in [2.45, 2.75) is 0 Å². The predicted molar refractivity (Wildman–Crippen MR) is 82.1 cm³/mol. The zero-order valence-corrected chi connectivity index (χ0v) is 12.1. The maximum Gasteiger partial charge on any atom is 0.339 e. The number of thiophene rings is 1. The average molecular weight is 324 g/mol. The standard InChI is InChI=1S/C14H10ClNO4S/c15-11-6-4-8(21-11)5-7-12(17)16-10-3-1-2-9(13(10)18)14(19)20/h1-7,18H,(H,16,17)(H,19,20)/b7-5+. The van der Waals surface area contributed by atoms with Crippen LogP contribution < -0.4 is 5.32 Å². The molecule has 7 heteroatoms. The lowest BCUT2D eigenvalue weighted by Crippen LogP contribution is -2.09. The van der Waals surface area contributed by atoms with E-state index < -0.39 is 17.6 Å². The number of aromatic carboxylic acids is 1. The Bertz CT molecular complexity index is 724. The van der Waals surface area contributed by atoms with Crippen LogP contribution in [0.15, 0.2) is 36.4 Å². The van der Waals surface area contributed by atoms with Gasteiger partial charge >= 0.3 is 5.97 Å². The fourth-order valence-corrected chi connectivity index (χ4v) is 2.53. The van der Waals surface area contributed by atoms with Crippen LogP contribution in [0.1, 0.15) is 15.2 Å². The van der Waals surface area contributed by atoms with E-state index in [1.807, 2.05) is 0 Å². The third-order valence-electron chi connectivity index (χ3n) is 2.52. The lowest BCUT2D eigenvalue weighted by atomic mass is 10.1. The molecule has 0 fully saturated rings. The lowest BCUT2D eigenvalue weighted by Gasteiger charge is -2.07. The maximum absolute atomic E-state index is 11.7. The maximum atomic E-state index is 11.7. The molecule has 0 aliphatic rings. The number of carbonyl (C=O) groups is 2. The second kappa shape index (κ2) is 6.43. The molecule has 0 bridgehead atoms. The molecule has 1 aromatic heterocycles. The van der Waals surface area contributed by atoms with Gasteiger partial charge in [0.15, 0.2) is 5.75 Å². The summed E-state index contributed by atoms with van der Waals surface area (Å²) in [5.74, 6) is -2.24. The average Bonchev–Trinajstić information content (AvgIpc) is 2.84. The minimum atomic E-state index is -1.27. The highest BCUT2D eigenvalue weighted by molar-refractivity contribution is 7.17. The number of hydrogen-bond acceptors (Lipinski definition) is 4. The molecule has 0 unspecified atom stereocenters. The van der Waals surface area contributed by atoms with Crippen LogP contribution >= 0.6 is 22.9 Å². The highest BCUT2D eigenvalue weighted by Crippen LogP contribution is 2.27. The molecule has 1 aromatic carbocycles.